The SMILES string of the molecule is CN1CCN(C2CCC(c3nn(-c4ccc(NC(=O)[C@@H]5C[C@@H]5c5ccccc5)cc4)c4c(N)nccc34)CC2)CC1. The maximum absolute atomic E-state index is 12.9. The van der Waals surface area contributed by atoms with Crippen LogP contribution in [-0.2, 0) is 4.79 Å². The number of nitrogens with zero attached hydrogens (tertiary/aromatic N) is 5. The zero-order valence-corrected chi connectivity index (χ0v) is 23.7. The molecule has 2 aromatic carbocycles. The summed E-state index contributed by atoms with van der Waals surface area (Å²) in [7, 11) is 2.22. The summed E-state index contributed by atoms with van der Waals surface area (Å²) >= 11 is 0. The highest BCUT2D eigenvalue weighted by molar-refractivity contribution is 5.95. The summed E-state index contributed by atoms with van der Waals surface area (Å²) in [4.78, 5) is 22.4. The Morgan fingerprint density at radius 1 is 0.927 bits per heavy atom. The number of likely N-dealkylation sites (N-methyl/N-ethyl adjacent to an activating group) is 1. The molecule has 0 radical (unpaired) electrons. The molecule has 4 aromatic rings. The second-order valence-corrected chi connectivity index (χ2v) is 12.1. The second kappa shape index (κ2) is 10.9. The first-order chi connectivity index (χ1) is 20.0. The number of hydrogen-bond acceptors (Lipinski definition) is 6. The Balaban J connectivity index is 1.06. The molecule has 2 saturated carbocycles. The number of anilines is 2. The maximum Gasteiger partial charge on any atom is 0.228 e. The number of pyridine rings is 1. The molecule has 41 heavy (non-hydrogen) atoms. The Bertz CT molecular complexity index is 1520. The number of fused-ring (bicyclic) bond motifs is 1. The van der Waals surface area contributed by atoms with E-state index < -0.39 is 0 Å². The number of carbonyl (C=O) groups is 1. The molecule has 0 unspecified atom stereocenters. The van der Waals surface area contributed by atoms with Gasteiger partial charge in [0.15, 0.2) is 0 Å². The Labute approximate surface area is 241 Å². The maximum atomic E-state index is 12.9. The van der Waals surface area contributed by atoms with Gasteiger partial charge in [-0.3, -0.25) is 9.69 Å². The third-order valence-electron chi connectivity index (χ3n) is 9.52. The van der Waals surface area contributed by atoms with Crippen molar-refractivity contribution in [1.82, 2.24) is 24.6 Å². The van der Waals surface area contributed by atoms with Crippen LogP contribution in [0.1, 0.15) is 55.2 Å². The van der Waals surface area contributed by atoms with E-state index in [-0.39, 0.29) is 11.8 Å². The largest absolute Gasteiger partial charge is 0.382 e. The second-order valence-electron chi connectivity index (χ2n) is 12.1. The summed E-state index contributed by atoms with van der Waals surface area (Å²) < 4.78 is 1.94. The van der Waals surface area contributed by atoms with Crippen LogP contribution in [0.2, 0.25) is 0 Å². The summed E-state index contributed by atoms with van der Waals surface area (Å²) in [6.45, 7) is 4.68. The van der Waals surface area contributed by atoms with Crippen LogP contribution in [0.15, 0.2) is 66.9 Å². The van der Waals surface area contributed by atoms with E-state index in [0.29, 0.717) is 23.7 Å². The number of rotatable bonds is 6. The van der Waals surface area contributed by atoms with E-state index >= 15 is 0 Å². The number of nitrogens with one attached hydrogen (secondary N) is 1. The monoisotopic (exact) mass is 549 g/mol. The summed E-state index contributed by atoms with van der Waals surface area (Å²) in [5.74, 6) is 1.34. The molecule has 0 bridgehead atoms. The van der Waals surface area contributed by atoms with E-state index in [1.54, 1.807) is 6.20 Å². The molecule has 1 saturated heterocycles. The van der Waals surface area contributed by atoms with E-state index in [1.165, 1.54) is 44.6 Å². The fourth-order valence-electron chi connectivity index (χ4n) is 6.98. The van der Waals surface area contributed by atoms with Gasteiger partial charge in [-0.25, -0.2) is 9.67 Å². The van der Waals surface area contributed by atoms with E-state index in [2.05, 4.69) is 45.3 Å². The molecule has 3 heterocycles. The van der Waals surface area contributed by atoms with Crippen molar-refractivity contribution in [3.05, 3.63) is 78.1 Å². The van der Waals surface area contributed by atoms with Crippen LogP contribution in [0.3, 0.4) is 0 Å². The predicted molar refractivity (Wildman–Crippen MR) is 163 cm³/mol. The minimum atomic E-state index is 0.0342. The van der Waals surface area contributed by atoms with Gasteiger partial charge < -0.3 is 16.0 Å². The number of aromatic nitrogens is 3. The molecule has 2 atom stereocenters. The quantitative estimate of drug-likeness (QED) is 0.351. The van der Waals surface area contributed by atoms with Gasteiger partial charge in [0.25, 0.3) is 0 Å². The lowest BCUT2D eigenvalue weighted by Crippen LogP contribution is -2.49. The highest BCUT2D eigenvalue weighted by Crippen LogP contribution is 2.48. The van der Waals surface area contributed by atoms with Gasteiger partial charge in [0.05, 0.1) is 11.4 Å². The fourth-order valence-corrected chi connectivity index (χ4v) is 6.98. The topological polar surface area (TPSA) is 92.3 Å². The summed E-state index contributed by atoms with van der Waals surface area (Å²) in [6.07, 6.45) is 7.40. The number of carbonyl (C=O) groups excluding carboxylic acids is 1. The predicted octanol–water partition coefficient (Wildman–Crippen LogP) is 5.02. The minimum absolute atomic E-state index is 0.0342. The average Bonchev–Trinajstić information content (AvgIpc) is 3.72. The highest BCUT2D eigenvalue weighted by atomic mass is 16.2. The molecule has 8 heteroatoms. The van der Waals surface area contributed by atoms with Gasteiger partial charge in [0, 0.05) is 61.3 Å². The molecular formula is C33H39N7O. The lowest BCUT2D eigenvalue weighted by Gasteiger charge is -2.41. The third-order valence-corrected chi connectivity index (χ3v) is 9.52. The molecule has 2 aliphatic carbocycles. The molecule has 8 nitrogen and oxygen atoms in total. The van der Waals surface area contributed by atoms with Gasteiger partial charge in [0.2, 0.25) is 5.91 Å². The summed E-state index contributed by atoms with van der Waals surface area (Å²) in [6, 6.07) is 21.0. The van der Waals surface area contributed by atoms with Crippen molar-refractivity contribution in [2.45, 2.75) is 50.0 Å². The Morgan fingerprint density at radius 2 is 1.66 bits per heavy atom. The fraction of sp³-hybridized carbons (Fsp3) is 0.424. The van der Waals surface area contributed by atoms with Crippen molar-refractivity contribution >= 4 is 28.3 Å². The lowest BCUT2D eigenvalue weighted by molar-refractivity contribution is -0.117. The molecular weight excluding hydrogens is 510 g/mol. The van der Waals surface area contributed by atoms with Crippen molar-refractivity contribution < 1.29 is 4.79 Å². The molecule has 3 N–H and O–H groups in total. The molecule has 2 aromatic heterocycles. The zero-order chi connectivity index (χ0) is 27.9. The van der Waals surface area contributed by atoms with Gasteiger partial charge >= 0.3 is 0 Å². The van der Waals surface area contributed by atoms with Crippen molar-refractivity contribution in [1.29, 1.82) is 0 Å². The Morgan fingerprint density at radius 3 is 2.39 bits per heavy atom. The van der Waals surface area contributed by atoms with E-state index in [1.807, 2.05) is 47.1 Å². The molecule has 7 rings (SSSR count). The average molecular weight is 550 g/mol. The van der Waals surface area contributed by atoms with Gasteiger partial charge in [-0.2, -0.15) is 5.10 Å². The number of piperazine rings is 1. The number of nitrogens with two attached hydrogens (primary N) is 1. The smallest absolute Gasteiger partial charge is 0.228 e. The van der Waals surface area contributed by atoms with Crippen molar-refractivity contribution in [3.63, 3.8) is 0 Å². The minimum Gasteiger partial charge on any atom is -0.382 e. The third kappa shape index (κ3) is 5.22. The van der Waals surface area contributed by atoms with Crippen LogP contribution in [0.25, 0.3) is 16.6 Å². The van der Waals surface area contributed by atoms with Gasteiger partial charge in [-0.1, -0.05) is 30.3 Å². The van der Waals surface area contributed by atoms with Gasteiger partial charge in [-0.05, 0) is 81.0 Å². The Hall–Kier alpha value is -3.75. The van der Waals surface area contributed by atoms with Crippen LogP contribution in [0.5, 0.6) is 0 Å². The number of nitrogen functional groups attached to an aromatic ring is 1. The van der Waals surface area contributed by atoms with Crippen LogP contribution in [-0.4, -0.2) is 69.7 Å². The van der Waals surface area contributed by atoms with Gasteiger partial charge in [-0.15, -0.1) is 0 Å². The van der Waals surface area contributed by atoms with E-state index in [9.17, 15) is 4.79 Å². The normalized spacial score (nSPS) is 25.3. The van der Waals surface area contributed by atoms with Crippen molar-refractivity contribution in [2.75, 3.05) is 44.3 Å². The molecule has 3 fully saturated rings. The first kappa shape index (κ1) is 26.2. The number of amides is 1. The van der Waals surface area contributed by atoms with E-state index in [0.717, 1.165) is 47.2 Å². The molecule has 3 aliphatic rings. The molecule has 212 valence electrons. The summed E-state index contributed by atoms with van der Waals surface area (Å²) in [5.41, 5.74) is 11.4. The molecule has 1 aliphatic heterocycles. The van der Waals surface area contributed by atoms with Crippen molar-refractivity contribution in [2.24, 2.45) is 5.92 Å². The molecule has 0 spiro atoms. The van der Waals surface area contributed by atoms with Gasteiger partial charge in [0.1, 0.15) is 11.3 Å². The first-order valence-corrected chi connectivity index (χ1v) is 15.1. The highest BCUT2D eigenvalue weighted by Gasteiger charge is 2.43. The number of benzene rings is 2. The molecule has 1 amide bonds. The van der Waals surface area contributed by atoms with Crippen LogP contribution < -0.4 is 11.1 Å². The Kier molecular flexibility index (Phi) is 6.96. The zero-order valence-electron chi connectivity index (χ0n) is 23.7. The van der Waals surface area contributed by atoms with E-state index in [4.69, 9.17) is 10.8 Å². The lowest BCUT2D eigenvalue weighted by atomic mass is 9.82. The summed E-state index contributed by atoms with van der Waals surface area (Å²) in [5, 5.41) is 9.36. The van der Waals surface area contributed by atoms with Crippen molar-refractivity contribution in [3.8, 4) is 5.69 Å². The van der Waals surface area contributed by atoms with Crippen LogP contribution >= 0.6 is 0 Å². The van der Waals surface area contributed by atoms with Crippen LogP contribution in [0.4, 0.5) is 11.5 Å². The number of hydrogen-bond donors (Lipinski definition) is 2. The first-order valence-electron chi connectivity index (χ1n) is 15.1. The van der Waals surface area contributed by atoms with Crippen LogP contribution in [0, 0.1) is 5.92 Å². The standard InChI is InChI=1S/C33H39N7O/c1-38-17-19-39(20-18-38)25-11-7-23(8-12-25)30-27-15-16-35-32(34)31(27)40(37-30)26-13-9-24(10-14-26)36-33(41)29-21-28(29)22-5-3-2-4-6-22/h2-6,9-10,13-16,23,25,28-29H,7-8,11-12,17-21H2,1H3,(H2,34,35)(H,36,41)/t23?,25?,28-,29-/m1/s1.